The summed E-state index contributed by atoms with van der Waals surface area (Å²) in [5.41, 5.74) is 2.41. The van der Waals surface area contributed by atoms with Crippen LogP contribution in [-0.2, 0) is 4.79 Å². The van der Waals surface area contributed by atoms with Crippen LogP contribution in [0.3, 0.4) is 0 Å². The average molecular weight is 391 g/mol. The van der Waals surface area contributed by atoms with Gasteiger partial charge in [0, 0.05) is 11.3 Å². The lowest BCUT2D eigenvalue weighted by Gasteiger charge is -2.53. The van der Waals surface area contributed by atoms with Crippen molar-refractivity contribution in [3.63, 3.8) is 0 Å². The highest BCUT2D eigenvalue weighted by Crippen LogP contribution is 2.63. The van der Waals surface area contributed by atoms with Gasteiger partial charge in [-0.3, -0.25) is 4.79 Å². The molecule has 2 aliphatic carbocycles. The molecule has 0 bridgehead atoms. The van der Waals surface area contributed by atoms with Gasteiger partial charge in [0.15, 0.2) is 0 Å². The zero-order valence-corrected chi connectivity index (χ0v) is 18.4. The number of hydrogen-bond donors (Lipinski definition) is 1. The van der Waals surface area contributed by atoms with Crippen LogP contribution in [0.1, 0.15) is 53.0 Å². The standard InChI is InChI=1S/C27H34O2/c1-6-22-17-19(3)23-20(4)18-27(7-2,26(5,24(22)23)25(28)29)16-12-11-15-21-13-9-8-10-14-21/h8-19,23-24H,6-7H2,1-5H3,(H,28,29). The minimum absolute atomic E-state index is 0.0488. The number of carbonyl (C=O) groups is 1. The van der Waals surface area contributed by atoms with E-state index in [9.17, 15) is 9.90 Å². The summed E-state index contributed by atoms with van der Waals surface area (Å²) >= 11 is 0. The number of fused-ring (bicyclic) bond motifs is 1. The van der Waals surface area contributed by atoms with Crippen LogP contribution >= 0.6 is 0 Å². The van der Waals surface area contributed by atoms with Crippen molar-refractivity contribution in [2.24, 2.45) is 28.6 Å². The number of benzene rings is 1. The molecule has 0 aromatic heterocycles. The number of carboxylic acids is 1. The monoisotopic (exact) mass is 390 g/mol. The Morgan fingerprint density at radius 3 is 2.45 bits per heavy atom. The molecule has 5 atom stereocenters. The third-order valence-corrected chi connectivity index (χ3v) is 7.43. The van der Waals surface area contributed by atoms with Crippen molar-refractivity contribution in [3.8, 4) is 0 Å². The van der Waals surface area contributed by atoms with Crippen LogP contribution in [0, 0.1) is 28.6 Å². The highest BCUT2D eigenvalue weighted by atomic mass is 16.4. The summed E-state index contributed by atoms with van der Waals surface area (Å²) in [5, 5.41) is 10.5. The van der Waals surface area contributed by atoms with Crippen molar-refractivity contribution < 1.29 is 9.90 Å². The molecule has 5 unspecified atom stereocenters. The summed E-state index contributed by atoms with van der Waals surface area (Å²) in [6.45, 7) is 10.7. The summed E-state index contributed by atoms with van der Waals surface area (Å²) in [5.74, 6) is 0.0385. The predicted molar refractivity (Wildman–Crippen MR) is 121 cm³/mol. The van der Waals surface area contributed by atoms with Gasteiger partial charge in [-0.1, -0.05) is 98.7 Å². The second-order valence-corrected chi connectivity index (χ2v) is 8.88. The second-order valence-electron chi connectivity index (χ2n) is 8.88. The number of aliphatic carboxylic acids is 1. The first-order valence-corrected chi connectivity index (χ1v) is 10.8. The van der Waals surface area contributed by atoms with E-state index in [1.807, 2.05) is 37.3 Å². The molecular weight excluding hydrogens is 356 g/mol. The molecule has 154 valence electrons. The van der Waals surface area contributed by atoms with Crippen molar-refractivity contribution in [1.29, 1.82) is 0 Å². The number of allylic oxidation sites excluding steroid dienone is 7. The summed E-state index contributed by atoms with van der Waals surface area (Å²) < 4.78 is 0. The maximum atomic E-state index is 12.8. The van der Waals surface area contributed by atoms with Crippen molar-refractivity contribution in [1.82, 2.24) is 0 Å². The smallest absolute Gasteiger partial charge is 0.311 e. The van der Waals surface area contributed by atoms with E-state index in [1.54, 1.807) is 0 Å². The van der Waals surface area contributed by atoms with Crippen molar-refractivity contribution in [3.05, 3.63) is 77.4 Å². The van der Waals surface area contributed by atoms with Gasteiger partial charge in [-0.15, -0.1) is 0 Å². The fourth-order valence-corrected chi connectivity index (χ4v) is 5.86. The van der Waals surface area contributed by atoms with Crippen LogP contribution in [0.5, 0.6) is 0 Å². The zero-order valence-electron chi connectivity index (χ0n) is 18.4. The fourth-order valence-electron chi connectivity index (χ4n) is 5.86. The van der Waals surface area contributed by atoms with Gasteiger partial charge in [0.05, 0.1) is 5.41 Å². The van der Waals surface area contributed by atoms with Crippen LogP contribution in [0.2, 0.25) is 0 Å². The van der Waals surface area contributed by atoms with Crippen LogP contribution in [-0.4, -0.2) is 11.1 Å². The molecule has 29 heavy (non-hydrogen) atoms. The van der Waals surface area contributed by atoms with Gasteiger partial charge < -0.3 is 5.11 Å². The summed E-state index contributed by atoms with van der Waals surface area (Å²) in [7, 11) is 0. The topological polar surface area (TPSA) is 37.3 Å². The molecule has 3 rings (SSSR count). The molecule has 2 nitrogen and oxygen atoms in total. The zero-order chi connectivity index (χ0) is 21.2. The highest BCUT2D eigenvalue weighted by Gasteiger charge is 2.61. The molecule has 1 N–H and O–H groups in total. The van der Waals surface area contributed by atoms with Crippen molar-refractivity contribution in [2.75, 3.05) is 0 Å². The van der Waals surface area contributed by atoms with Crippen LogP contribution in [0.4, 0.5) is 0 Å². The van der Waals surface area contributed by atoms with Gasteiger partial charge >= 0.3 is 5.97 Å². The van der Waals surface area contributed by atoms with Crippen LogP contribution in [0.25, 0.3) is 6.08 Å². The van der Waals surface area contributed by atoms with E-state index in [4.69, 9.17) is 0 Å². The van der Waals surface area contributed by atoms with E-state index in [-0.39, 0.29) is 5.92 Å². The lowest BCUT2D eigenvalue weighted by atomic mass is 9.49. The lowest BCUT2D eigenvalue weighted by molar-refractivity contribution is -0.159. The van der Waals surface area contributed by atoms with Gasteiger partial charge in [-0.05, 0) is 44.1 Å². The third kappa shape index (κ3) is 3.43. The molecule has 2 heteroatoms. The molecule has 2 aliphatic rings. The quantitative estimate of drug-likeness (QED) is 0.423. The molecule has 1 aromatic carbocycles. The third-order valence-electron chi connectivity index (χ3n) is 7.43. The van der Waals surface area contributed by atoms with E-state index in [0.717, 1.165) is 18.4 Å². The Labute approximate surface area is 175 Å². The highest BCUT2D eigenvalue weighted by molar-refractivity contribution is 5.79. The van der Waals surface area contributed by atoms with E-state index in [1.165, 1.54) is 11.1 Å². The molecule has 1 aromatic rings. The molecule has 0 fully saturated rings. The summed E-state index contributed by atoms with van der Waals surface area (Å²) in [6, 6.07) is 10.2. The molecule has 0 radical (unpaired) electrons. The Hall–Kier alpha value is -2.35. The SMILES string of the molecule is CCC1=CC(C)C2C(C)=CC(C=CC=Cc3ccccc3)(CC)C(C)(C(=O)O)C12. The largest absolute Gasteiger partial charge is 0.481 e. The maximum Gasteiger partial charge on any atom is 0.311 e. The normalized spacial score (nSPS) is 34.3. The molecule has 0 aliphatic heterocycles. The van der Waals surface area contributed by atoms with Gasteiger partial charge in [0.25, 0.3) is 0 Å². The van der Waals surface area contributed by atoms with Crippen molar-refractivity contribution in [2.45, 2.75) is 47.5 Å². The fraction of sp³-hybridized carbons (Fsp3) is 0.444. The van der Waals surface area contributed by atoms with Gasteiger partial charge in [0.2, 0.25) is 0 Å². The minimum atomic E-state index is -0.865. The van der Waals surface area contributed by atoms with Crippen LogP contribution < -0.4 is 0 Å². The molecule has 0 spiro atoms. The second kappa shape index (κ2) is 8.18. The Balaban J connectivity index is 2.07. The first-order chi connectivity index (χ1) is 13.8. The first-order valence-electron chi connectivity index (χ1n) is 10.8. The number of rotatable bonds is 6. The Kier molecular flexibility index (Phi) is 6.03. The number of carboxylic acid groups (broad SMARTS) is 1. The lowest BCUT2D eigenvalue weighted by Crippen LogP contribution is -2.54. The molecule has 0 heterocycles. The summed E-state index contributed by atoms with van der Waals surface area (Å²) in [4.78, 5) is 12.8. The van der Waals surface area contributed by atoms with Gasteiger partial charge in [-0.25, -0.2) is 0 Å². The Morgan fingerprint density at radius 2 is 1.86 bits per heavy atom. The Morgan fingerprint density at radius 1 is 1.17 bits per heavy atom. The molecule has 0 saturated heterocycles. The predicted octanol–water partition coefficient (Wildman–Crippen LogP) is 6.92. The molecule has 0 amide bonds. The van der Waals surface area contributed by atoms with E-state index in [0.29, 0.717) is 11.8 Å². The molecular formula is C27H34O2. The van der Waals surface area contributed by atoms with Crippen LogP contribution in [0.15, 0.2) is 71.9 Å². The Bertz CT molecular complexity index is 873. The van der Waals surface area contributed by atoms with E-state index in [2.05, 4.69) is 64.1 Å². The van der Waals surface area contributed by atoms with Crippen molar-refractivity contribution >= 4 is 12.0 Å². The maximum absolute atomic E-state index is 12.8. The first kappa shape index (κ1) is 21.4. The average Bonchev–Trinajstić information content (AvgIpc) is 3.06. The number of hydrogen-bond acceptors (Lipinski definition) is 1. The summed E-state index contributed by atoms with van der Waals surface area (Å²) in [6.07, 6.45) is 14.5. The van der Waals surface area contributed by atoms with E-state index >= 15 is 0 Å². The van der Waals surface area contributed by atoms with Gasteiger partial charge in [0.1, 0.15) is 0 Å². The van der Waals surface area contributed by atoms with E-state index < -0.39 is 16.8 Å². The molecule has 0 saturated carbocycles. The van der Waals surface area contributed by atoms with Gasteiger partial charge in [-0.2, -0.15) is 0 Å². The minimum Gasteiger partial charge on any atom is -0.481 e.